The van der Waals surface area contributed by atoms with E-state index in [1.54, 1.807) is 60.7 Å². The third-order valence-corrected chi connectivity index (χ3v) is 8.30. The first-order valence-electron chi connectivity index (χ1n) is 11.2. The summed E-state index contributed by atoms with van der Waals surface area (Å²) in [6.45, 7) is 0.495. The van der Waals surface area contributed by atoms with Gasteiger partial charge in [-0.25, -0.2) is 12.7 Å². The Balaban J connectivity index is 1.41. The lowest BCUT2D eigenvalue weighted by Crippen LogP contribution is -2.42. The lowest BCUT2D eigenvalue weighted by atomic mass is 9.96. The van der Waals surface area contributed by atoms with Gasteiger partial charge >= 0.3 is 0 Å². The van der Waals surface area contributed by atoms with Crippen molar-refractivity contribution in [3.05, 3.63) is 99.5 Å². The second-order valence-electron chi connectivity index (χ2n) is 8.43. The molecule has 3 aromatic carbocycles. The maximum absolute atomic E-state index is 13.0. The molecule has 1 amide bonds. The van der Waals surface area contributed by atoms with Crippen molar-refractivity contribution < 1.29 is 18.0 Å². The summed E-state index contributed by atoms with van der Waals surface area (Å²) < 4.78 is 27.1. The average molecular weight is 531 g/mol. The molecule has 35 heavy (non-hydrogen) atoms. The second kappa shape index (κ2) is 10.9. The Morgan fingerprint density at radius 2 is 1.57 bits per heavy atom. The minimum Gasteiger partial charge on any atom is -0.325 e. The van der Waals surface area contributed by atoms with Gasteiger partial charge in [-0.1, -0.05) is 65.7 Å². The van der Waals surface area contributed by atoms with Crippen LogP contribution in [0.3, 0.4) is 0 Å². The Labute approximate surface area is 214 Å². The van der Waals surface area contributed by atoms with Crippen molar-refractivity contribution in [2.45, 2.75) is 18.6 Å². The highest BCUT2D eigenvalue weighted by atomic mass is 35.5. The second-order valence-corrected chi connectivity index (χ2v) is 11.3. The monoisotopic (exact) mass is 530 g/mol. The number of hydrogen-bond donors (Lipinski definition) is 1. The van der Waals surface area contributed by atoms with Gasteiger partial charge < -0.3 is 5.32 Å². The summed E-state index contributed by atoms with van der Waals surface area (Å²) >= 11 is 12.1. The zero-order chi connectivity index (χ0) is 25.0. The summed E-state index contributed by atoms with van der Waals surface area (Å²) in [4.78, 5) is 26.0. The number of halogens is 2. The molecule has 0 bridgehead atoms. The zero-order valence-corrected chi connectivity index (χ0v) is 21.1. The molecule has 1 heterocycles. The van der Waals surface area contributed by atoms with Gasteiger partial charge in [-0.2, -0.15) is 0 Å². The van der Waals surface area contributed by atoms with E-state index in [4.69, 9.17) is 23.2 Å². The molecular formula is C26H24Cl2N2O4S. The molecule has 1 N–H and O–H groups in total. The van der Waals surface area contributed by atoms with Crippen molar-refractivity contribution in [3.63, 3.8) is 0 Å². The number of nitrogens with one attached hydrogen (secondary N) is 1. The molecule has 4 rings (SSSR count). The van der Waals surface area contributed by atoms with Crippen LogP contribution in [0.25, 0.3) is 0 Å². The predicted octanol–water partition coefficient (Wildman–Crippen LogP) is 5.40. The highest BCUT2D eigenvalue weighted by Crippen LogP contribution is 2.27. The SMILES string of the molecule is O=C(c1ccccc1)c1cc(Cl)ccc1NC(=O)C1CCN(S(=O)(=O)Cc2cccc(Cl)c2)CC1. The molecule has 0 aliphatic carbocycles. The Kier molecular flexibility index (Phi) is 7.91. The molecule has 3 aromatic rings. The molecule has 1 saturated heterocycles. The quantitative estimate of drug-likeness (QED) is 0.414. The fourth-order valence-electron chi connectivity index (χ4n) is 4.12. The molecule has 0 atom stereocenters. The smallest absolute Gasteiger partial charge is 0.227 e. The molecule has 1 fully saturated rings. The third kappa shape index (κ3) is 6.30. The Morgan fingerprint density at radius 1 is 0.886 bits per heavy atom. The van der Waals surface area contributed by atoms with E-state index in [-0.39, 0.29) is 36.5 Å². The van der Waals surface area contributed by atoms with E-state index < -0.39 is 10.0 Å². The summed E-state index contributed by atoms with van der Waals surface area (Å²) in [6, 6.07) is 20.3. The minimum atomic E-state index is -3.53. The number of hydrogen-bond acceptors (Lipinski definition) is 4. The molecule has 6 nitrogen and oxygen atoms in total. The van der Waals surface area contributed by atoms with Crippen LogP contribution in [0.15, 0.2) is 72.8 Å². The van der Waals surface area contributed by atoms with Gasteiger partial charge in [0.05, 0.1) is 11.4 Å². The largest absolute Gasteiger partial charge is 0.325 e. The van der Waals surface area contributed by atoms with Crippen LogP contribution in [0.4, 0.5) is 5.69 Å². The lowest BCUT2D eigenvalue weighted by Gasteiger charge is -2.30. The van der Waals surface area contributed by atoms with Crippen LogP contribution < -0.4 is 5.32 Å². The van der Waals surface area contributed by atoms with E-state index >= 15 is 0 Å². The molecule has 0 unspecified atom stereocenters. The number of piperidine rings is 1. The van der Waals surface area contributed by atoms with E-state index in [0.717, 1.165) is 0 Å². The number of ketones is 1. The Bertz CT molecular complexity index is 1340. The molecule has 9 heteroatoms. The van der Waals surface area contributed by atoms with Crippen molar-refractivity contribution in [3.8, 4) is 0 Å². The average Bonchev–Trinajstić information content (AvgIpc) is 2.85. The Morgan fingerprint density at radius 3 is 2.26 bits per heavy atom. The first-order valence-corrected chi connectivity index (χ1v) is 13.5. The van der Waals surface area contributed by atoms with Crippen LogP contribution in [0, 0.1) is 5.92 Å². The number of nitrogens with zero attached hydrogens (tertiary/aromatic N) is 1. The van der Waals surface area contributed by atoms with Gasteiger partial charge in [0.25, 0.3) is 0 Å². The molecule has 0 radical (unpaired) electrons. The van der Waals surface area contributed by atoms with Crippen LogP contribution in [-0.4, -0.2) is 37.5 Å². The van der Waals surface area contributed by atoms with Crippen LogP contribution in [0.1, 0.15) is 34.3 Å². The van der Waals surface area contributed by atoms with Gasteiger partial charge in [0.15, 0.2) is 5.78 Å². The van der Waals surface area contributed by atoms with Crippen molar-refractivity contribution in [1.29, 1.82) is 0 Å². The first-order chi connectivity index (χ1) is 16.7. The van der Waals surface area contributed by atoms with Gasteiger partial charge in [0.2, 0.25) is 15.9 Å². The molecule has 182 valence electrons. The summed E-state index contributed by atoms with van der Waals surface area (Å²) in [5.41, 5.74) is 1.79. The van der Waals surface area contributed by atoms with E-state index in [0.29, 0.717) is 45.3 Å². The van der Waals surface area contributed by atoms with E-state index in [1.807, 2.05) is 6.07 Å². The van der Waals surface area contributed by atoms with E-state index in [2.05, 4.69) is 5.32 Å². The number of rotatable bonds is 7. The number of anilines is 1. The van der Waals surface area contributed by atoms with Gasteiger partial charge in [-0.05, 0) is 48.7 Å². The van der Waals surface area contributed by atoms with Crippen LogP contribution in [0.5, 0.6) is 0 Å². The summed E-state index contributed by atoms with van der Waals surface area (Å²) in [7, 11) is -3.53. The van der Waals surface area contributed by atoms with E-state index in [1.165, 1.54) is 10.4 Å². The fraction of sp³-hybridized carbons (Fsp3) is 0.231. The number of sulfonamides is 1. The summed E-state index contributed by atoms with van der Waals surface area (Å²) in [5.74, 6) is -1.00. The van der Waals surface area contributed by atoms with Gasteiger partial charge in [0.1, 0.15) is 0 Å². The number of carbonyl (C=O) groups excluding carboxylic acids is 2. The lowest BCUT2D eigenvalue weighted by molar-refractivity contribution is -0.120. The maximum Gasteiger partial charge on any atom is 0.227 e. The molecule has 0 spiro atoms. The number of amides is 1. The molecule has 0 aromatic heterocycles. The zero-order valence-electron chi connectivity index (χ0n) is 18.8. The van der Waals surface area contributed by atoms with Crippen LogP contribution >= 0.6 is 23.2 Å². The third-order valence-electron chi connectivity index (χ3n) is 5.98. The topological polar surface area (TPSA) is 83.6 Å². The number of carbonyl (C=O) groups is 2. The van der Waals surface area contributed by atoms with Crippen LogP contribution in [-0.2, 0) is 20.6 Å². The normalized spacial score (nSPS) is 15.0. The summed E-state index contributed by atoms with van der Waals surface area (Å²) in [5, 5.41) is 3.73. The molecular weight excluding hydrogens is 507 g/mol. The standard InChI is InChI=1S/C26H24Cl2N2O4S/c27-21-8-4-5-18(15-21)17-35(33,34)30-13-11-20(12-14-30)26(32)29-24-10-9-22(28)16-23(24)25(31)19-6-2-1-3-7-19/h1-10,15-16,20H,11-14,17H2,(H,29,32). The predicted molar refractivity (Wildman–Crippen MR) is 138 cm³/mol. The first kappa shape index (κ1) is 25.4. The Hall–Kier alpha value is -2.71. The summed E-state index contributed by atoms with van der Waals surface area (Å²) in [6.07, 6.45) is 0.770. The maximum atomic E-state index is 13.0. The van der Waals surface area contributed by atoms with Gasteiger partial charge in [-0.15, -0.1) is 0 Å². The fourth-order valence-corrected chi connectivity index (χ4v) is 6.05. The highest BCUT2D eigenvalue weighted by molar-refractivity contribution is 7.88. The number of benzene rings is 3. The van der Waals surface area contributed by atoms with E-state index in [9.17, 15) is 18.0 Å². The highest BCUT2D eigenvalue weighted by Gasteiger charge is 2.31. The van der Waals surface area contributed by atoms with Crippen molar-refractivity contribution in [2.75, 3.05) is 18.4 Å². The van der Waals surface area contributed by atoms with Gasteiger partial charge in [-0.3, -0.25) is 9.59 Å². The van der Waals surface area contributed by atoms with Gasteiger partial charge in [0, 0.05) is 40.2 Å². The molecule has 0 saturated carbocycles. The molecule has 1 aliphatic heterocycles. The molecule has 1 aliphatic rings. The van der Waals surface area contributed by atoms with Crippen LogP contribution in [0.2, 0.25) is 10.0 Å². The van der Waals surface area contributed by atoms with Crippen molar-refractivity contribution >= 4 is 50.6 Å². The minimum absolute atomic E-state index is 0.139. The van der Waals surface area contributed by atoms with Crippen molar-refractivity contribution in [1.82, 2.24) is 4.31 Å². The van der Waals surface area contributed by atoms with Crippen molar-refractivity contribution in [2.24, 2.45) is 5.92 Å².